The van der Waals surface area contributed by atoms with Crippen molar-refractivity contribution >= 4 is 28.6 Å². The number of aliphatic hydroxyl groups is 1. The smallest absolute Gasteiger partial charge is 0.226 e. The van der Waals surface area contributed by atoms with Crippen LogP contribution in [0.2, 0.25) is 5.28 Å². The molecule has 1 atom stereocenters. The minimum Gasteiger partial charge on any atom is -0.396 e. The highest BCUT2D eigenvalue weighted by molar-refractivity contribution is 6.28. The molecule has 2 aromatic rings. The van der Waals surface area contributed by atoms with Crippen molar-refractivity contribution in [3.05, 3.63) is 11.1 Å². The largest absolute Gasteiger partial charge is 0.396 e. The molecule has 136 valence electrons. The van der Waals surface area contributed by atoms with Crippen LogP contribution in [-0.2, 0) is 15.9 Å². The summed E-state index contributed by atoms with van der Waals surface area (Å²) in [5.74, 6) is 1.48. The van der Waals surface area contributed by atoms with E-state index in [2.05, 4.69) is 14.9 Å². The van der Waals surface area contributed by atoms with Crippen molar-refractivity contribution in [1.82, 2.24) is 19.5 Å². The third-order valence-corrected chi connectivity index (χ3v) is 5.00. The van der Waals surface area contributed by atoms with Crippen LogP contribution < -0.4 is 4.90 Å². The van der Waals surface area contributed by atoms with Crippen molar-refractivity contribution in [3.8, 4) is 0 Å². The van der Waals surface area contributed by atoms with E-state index in [0.717, 1.165) is 50.6 Å². The molecule has 2 fully saturated rings. The summed E-state index contributed by atoms with van der Waals surface area (Å²) in [6, 6.07) is 0. The van der Waals surface area contributed by atoms with Gasteiger partial charge < -0.3 is 19.5 Å². The van der Waals surface area contributed by atoms with Crippen LogP contribution in [0.5, 0.6) is 0 Å². The maximum absolute atomic E-state index is 9.44. The molecule has 0 bridgehead atoms. The van der Waals surface area contributed by atoms with Crippen LogP contribution in [0.4, 0.5) is 5.82 Å². The van der Waals surface area contributed by atoms with E-state index in [1.54, 1.807) is 7.11 Å². The Kier molecular flexibility index (Phi) is 4.77. The number of rotatable bonds is 5. The molecule has 0 saturated carbocycles. The molecule has 0 radical (unpaired) electrons. The number of halogens is 1. The van der Waals surface area contributed by atoms with Gasteiger partial charge in [-0.3, -0.25) is 4.57 Å². The molecule has 4 rings (SSSR count). The number of ether oxygens (including phenoxy) is 2. The fourth-order valence-corrected chi connectivity index (χ4v) is 3.63. The van der Waals surface area contributed by atoms with Gasteiger partial charge in [0.1, 0.15) is 12.1 Å². The van der Waals surface area contributed by atoms with Gasteiger partial charge in [0.05, 0.1) is 12.7 Å². The number of imidazole rings is 1. The maximum Gasteiger partial charge on any atom is 0.226 e. The van der Waals surface area contributed by atoms with Crippen molar-refractivity contribution in [1.29, 1.82) is 0 Å². The average molecular weight is 368 g/mol. The number of methoxy groups -OCH3 is 1. The Morgan fingerprint density at radius 1 is 1.28 bits per heavy atom. The second-order valence-electron chi connectivity index (χ2n) is 6.44. The molecule has 1 N–H and O–H groups in total. The summed E-state index contributed by atoms with van der Waals surface area (Å²) in [5, 5.41) is 9.63. The van der Waals surface area contributed by atoms with Crippen molar-refractivity contribution in [3.63, 3.8) is 0 Å². The highest BCUT2D eigenvalue weighted by Crippen LogP contribution is 2.33. The number of nitrogens with zero attached hydrogens (tertiary/aromatic N) is 5. The number of hydrogen-bond donors (Lipinski definition) is 1. The normalized spacial score (nSPS) is 21.7. The second-order valence-corrected chi connectivity index (χ2v) is 6.78. The van der Waals surface area contributed by atoms with Crippen LogP contribution in [0.15, 0.2) is 0 Å². The zero-order valence-electron chi connectivity index (χ0n) is 14.2. The molecule has 0 aromatic carbocycles. The van der Waals surface area contributed by atoms with Gasteiger partial charge in [-0.1, -0.05) is 0 Å². The quantitative estimate of drug-likeness (QED) is 0.802. The Morgan fingerprint density at radius 2 is 2.12 bits per heavy atom. The molecule has 4 heterocycles. The lowest BCUT2D eigenvalue weighted by atomic mass is 10.1. The van der Waals surface area contributed by atoms with Crippen molar-refractivity contribution in [2.45, 2.75) is 38.0 Å². The Balaban J connectivity index is 1.80. The fourth-order valence-electron chi connectivity index (χ4n) is 3.47. The van der Waals surface area contributed by atoms with Crippen molar-refractivity contribution in [2.24, 2.45) is 0 Å². The average Bonchev–Trinajstić information content (AvgIpc) is 2.93. The number of fused-ring (bicyclic) bond motifs is 1. The Hall–Kier alpha value is -1.48. The summed E-state index contributed by atoms with van der Waals surface area (Å²) < 4.78 is 13.3. The molecule has 0 aliphatic carbocycles. The molecule has 8 nitrogen and oxygen atoms in total. The molecule has 0 amide bonds. The highest BCUT2D eigenvalue weighted by atomic mass is 35.5. The summed E-state index contributed by atoms with van der Waals surface area (Å²) >= 11 is 6.21. The number of anilines is 1. The van der Waals surface area contributed by atoms with E-state index in [4.69, 9.17) is 26.1 Å². The number of aromatic nitrogens is 4. The van der Waals surface area contributed by atoms with E-state index in [1.165, 1.54) is 0 Å². The molecule has 2 aliphatic rings. The molecule has 25 heavy (non-hydrogen) atoms. The van der Waals surface area contributed by atoms with Gasteiger partial charge in [0.2, 0.25) is 5.28 Å². The van der Waals surface area contributed by atoms with E-state index in [1.807, 2.05) is 4.57 Å². The molecule has 0 spiro atoms. The monoisotopic (exact) mass is 367 g/mol. The number of aliphatic hydroxyl groups excluding tert-OH is 1. The zero-order chi connectivity index (χ0) is 17.4. The fraction of sp³-hybridized carbons (Fsp3) is 0.688. The Morgan fingerprint density at radius 3 is 2.80 bits per heavy atom. The predicted molar refractivity (Wildman–Crippen MR) is 93.0 cm³/mol. The van der Waals surface area contributed by atoms with Crippen LogP contribution in [0.1, 0.15) is 31.3 Å². The maximum atomic E-state index is 9.44. The van der Waals surface area contributed by atoms with E-state index in [9.17, 15) is 5.11 Å². The topological polar surface area (TPSA) is 85.5 Å². The first-order valence-electron chi connectivity index (χ1n) is 8.65. The van der Waals surface area contributed by atoms with E-state index >= 15 is 0 Å². The lowest BCUT2D eigenvalue weighted by Gasteiger charge is -2.38. The van der Waals surface area contributed by atoms with E-state index in [-0.39, 0.29) is 24.2 Å². The summed E-state index contributed by atoms with van der Waals surface area (Å²) in [6.07, 6.45) is 3.57. The molecule has 1 unspecified atom stereocenters. The molecule has 2 aliphatic heterocycles. The van der Waals surface area contributed by atoms with Gasteiger partial charge >= 0.3 is 0 Å². The van der Waals surface area contributed by atoms with Gasteiger partial charge in [0, 0.05) is 33.2 Å². The van der Waals surface area contributed by atoms with Gasteiger partial charge in [0.25, 0.3) is 0 Å². The molecular formula is C16H22ClN5O3. The van der Waals surface area contributed by atoms with Crippen LogP contribution in [0.25, 0.3) is 11.2 Å². The van der Waals surface area contributed by atoms with E-state index < -0.39 is 0 Å². The first kappa shape index (κ1) is 17.0. The molecule has 2 saturated heterocycles. The summed E-state index contributed by atoms with van der Waals surface area (Å²) in [4.78, 5) is 15.6. The van der Waals surface area contributed by atoms with Crippen LogP contribution in [-0.4, -0.2) is 64.1 Å². The standard InChI is InChI=1S/C16H22ClN5O3/c1-24-10-8-21(9-10)14-13-15(20-16(17)19-14)22(11(18-13)5-6-23)12-4-2-3-7-25-12/h10,12,23H,2-9H2,1H3. The lowest BCUT2D eigenvalue weighted by Crippen LogP contribution is -2.52. The summed E-state index contributed by atoms with van der Waals surface area (Å²) in [7, 11) is 1.71. The van der Waals surface area contributed by atoms with Crippen LogP contribution in [0, 0.1) is 0 Å². The zero-order valence-corrected chi connectivity index (χ0v) is 14.9. The summed E-state index contributed by atoms with van der Waals surface area (Å²) in [6.45, 7) is 2.24. The first-order valence-corrected chi connectivity index (χ1v) is 9.03. The summed E-state index contributed by atoms with van der Waals surface area (Å²) in [5.41, 5.74) is 1.38. The first-order chi connectivity index (χ1) is 12.2. The number of hydrogen-bond acceptors (Lipinski definition) is 7. The van der Waals surface area contributed by atoms with E-state index in [0.29, 0.717) is 17.6 Å². The van der Waals surface area contributed by atoms with Gasteiger partial charge in [-0.2, -0.15) is 9.97 Å². The predicted octanol–water partition coefficient (Wildman–Crippen LogP) is 1.55. The Labute approximate surface area is 150 Å². The van der Waals surface area contributed by atoms with Gasteiger partial charge in [-0.05, 0) is 30.9 Å². The molecular weight excluding hydrogens is 346 g/mol. The highest BCUT2D eigenvalue weighted by Gasteiger charge is 2.32. The van der Waals surface area contributed by atoms with Crippen LogP contribution in [0.3, 0.4) is 0 Å². The van der Waals surface area contributed by atoms with Gasteiger partial charge in [-0.15, -0.1) is 0 Å². The third-order valence-electron chi connectivity index (χ3n) is 4.83. The minimum atomic E-state index is -0.123. The third kappa shape index (κ3) is 3.08. The second kappa shape index (κ2) is 7.03. The SMILES string of the molecule is COC1CN(c2nc(Cl)nc3c2nc(CCO)n3C2CCCCO2)C1. The van der Waals surface area contributed by atoms with Crippen molar-refractivity contribution < 1.29 is 14.6 Å². The Bertz CT molecular complexity index is 756. The van der Waals surface area contributed by atoms with Crippen LogP contribution >= 0.6 is 11.6 Å². The minimum absolute atomic E-state index is 0.0159. The molecule has 2 aromatic heterocycles. The van der Waals surface area contributed by atoms with Crippen molar-refractivity contribution in [2.75, 3.05) is 38.3 Å². The van der Waals surface area contributed by atoms with Gasteiger partial charge in [0.15, 0.2) is 17.0 Å². The molecule has 9 heteroatoms. The van der Waals surface area contributed by atoms with Gasteiger partial charge in [-0.25, -0.2) is 4.98 Å². The lowest BCUT2D eigenvalue weighted by molar-refractivity contribution is -0.0315.